The summed E-state index contributed by atoms with van der Waals surface area (Å²) in [6.07, 6.45) is 0.872. The molecule has 53 heavy (non-hydrogen) atoms. The highest BCUT2D eigenvalue weighted by Crippen LogP contribution is 2.47. The highest BCUT2D eigenvalue weighted by atomic mass is 15.0. The lowest BCUT2D eigenvalue weighted by Crippen LogP contribution is -2.01. The van der Waals surface area contributed by atoms with Crippen molar-refractivity contribution in [1.29, 1.82) is 0 Å². The van der Waals surface area contributed by atoms with E-state index in [0.717, 1.165) is 28.7 Å². The van der Waals surface area contributed by atoms with Gasteiger partial charge in [-0.3, -0.25) is 0 Å². The summed E-state index contributed by atoms with van der Waals surface area (Å²) in [5.74, 6) is 1.98. The van der Waals surface area contributed by atoms with Gasteiger partial charge in [0, 0.05) is 16.7 Å². The van der Waals surface area contributed by atoms with Gasteiger partial charge in [0.25, 0.3) is 0 Å². The molecule has 1 aromatic heterocycles. The van der Waals surface area contributed by atoms with Crippen molar-refractivity contribution in [3.8, 4) is 78.7 Å². The molecule has 0 amide bonds. The predicted octanol–water partition coefficient (Wildman–Crippen LogP) is 12.6. The van der Waals surface area contributed by atoms with Crippen molar-refractivity contribution in [1.82, 2.24) is 15.0 Å². The van der Waals surface area contributed by atoms with Crippen LogP contribution in [0, 0.1) is 0 Å². The third kappa shape index (κ3) is 5.69. The van der Waals surface area contributed by atoms with Crippen molar-refractivity contribution in [2.24, 2.45) is 0 Å². The van der Waals surface area contributed by atoms with E-state index < -0.39 is 0 Å². The number of nitrogens with zero attached hydrogens (tertiary/aromatic N) is 3. The Bertz CT molecular complexity index is 2770. The normalized spacial score (nSPS) is 11.7. The Labute approximate surface area is 309 Å². The van der Waals surface area contributed by atoms with Crippen molar-refractivity contribution in [3.05, 3.63) is 199 Å². The molecule has 0 saturated heterocycles. The standard InChI is InChI=1S/C50H33N3/c1-3-11-33(12-4-1)35-21-23-36(24-22-35)37-25-28-39(29-26-37)49-51-48(38-14-5-2-6-15-38)52-50(53-49)45-20-10-18-43-32-42-17-9-19-44(46(42)47(43)45)41-30-27-34-13-7-8-16-40(34)31-41/h1-31H,32H2. The maximum Gasteiger partial charge on any atom is 0.164 e. The SMILES string of the molecule is c1ccc(-c2ccc(-c3ccc(-c4nc(-c5ccccc5)nc(-c5cccc6c5-c5c(cccc5-c5ccc7ccccc7c5)C6)n4)cc3)cc2)cc1. The molecule has 0 saturated carbocycles. The molecule has 9 aromatic rings. The van der Waals surface area contributed by atoms with Gasteiger partial charge in [-0.25, -0.2) is 15.0 Å². The first-order valence-corrected chi connectivity index (χ1v) is 18.1. The molecule has 1 aliphatic rings. The fraction of sp³-hybridized carbons (Fsp3) is 0.0200. The first-order chi connectivity index (χ1) is 26.2. The highest BCUT2D eigenvalue weighted by molar-refractivity contribution is 5.98. The van der Waals surface area contributed by atoms with Crippen molar-refractivity contribution in [2.75, 3.05) is 0 Å². The minimum absolute atomic E-state index is 0.651. The fourth-order valence-electron chi connectivity index (χ4n) is 7.71. The van der Waals surface area contributed by atoms with E-state index in [1.54, 1.807) is 0 Å². The first kappa shape index (κ1) is 30.8. The van der Waals surface area contributed by atoms with Crippen LogP contribution in [0.25, 0.3) is 89.4 Å². The van der Waals surface area contributed by atoms with Gasteiger partial charge in [0.2, 0.25) is 0 Å². The average Bonchev–Trinajstić information content (AvgIpc) is 3.63. The second-order valence-corrected chi connectivity index (χ2v) is 13.6. The van der Waals surface area contributed by atoms with Crippen LogP contribution in [0.5, 0.6) is 0 Å². The van der Waals surface area contributed by atoms with Gasteiger partial charge in [-0.05, 0) is 78.9 Å². The molecule has 0 unspecified atom stereocenters. The van der Waals surface area contributed by atoms with E-state index in [1.165, 1.54) is 60.8 Å². The van der Waals surface area contributed by atoms with Crippen molar-refractivity contribution in [2.45, 2.75) is 6.42 Å². The fourth-order valence-corrected chi connectivity index (χ4v) is 7.71. The van der Waals surface area contributed by atoms with E-state index in [2.05, 4.69) is 164 Å². The van der Waals surface area contributed by atoms with E-state index in [1.807, 2.05) is 24.3 Å². The molecular formula is C50H33N3. The number of hydrogen-bond acceptors (Lipinski definition) is 3. The molecule has 10 rings (SSSR count). The number of fused-ring (bicyclic) bond motifs is 4. The molecule has 0 bridgehead atoms. The van der Waals surface area contributed by atoms with E-state index >= 15 is 0 Å². The topological polar surface area (TPSA) is 38.7 Å². The van der Waals surface area contributed by atoms with Crippen LogP contribution >= 0.6 is 0 Å². The quantitative estimate of drug-likeness (QED) is 0.176. The molecule has 1 heterocycles. The third-order valence-electron chi connectivity index (χ3n) is 10.4. The Balaban J connectivity index is 1.08. The molecule has 0 radical (unpaired) electrons. The summed E-state index contributed by atoms with van der Waals surface area (Å²) in [5.41, 5.74) is 15.2. The smallest absolute Gasteiger partial charge is 0.164 e. The van der Waals surface area contributed by atoms with Crippen molar-refractivity contribution >= 4 is 10.8 Å². The molecule has 0 fully saturated rings. The lowest BCUT2D eigenvalue weighted by atomic mass is 9.90. The largest absolute Gasteiger partial charge is 0.208 e. The van der Waals surface area contributed by atoms with E-state index in [9.17, 15) is 0 Å². The summed E-state index contributed by atoms with van der Waals surface area (Å²) in [6, 6.07) is 66.6. The first-order valence-electron chi connectivity index (χ1n) is 18.1. The van der Waals surface area contributed by atoms with Crippen LogP contribution in [0.1, 0.15) is 11.1 Å². The van der Waals surface area contributed by atoms with Crippen LogP contribution < -0.4 is 0 Å². The minimum Gasteiger partial charge on any atom is -0.208 e. The number of hydrogen-bond donors (Lipinski definition) is 0. The van der Waals surface area contributed by atoms with Gasteiger partial charge in [0.1, 0.15) is 0 Å². The summed E-state index contributed by atoms with van der Waals surface area (Å²) >= 11 is 0. The van der Waals surface area contributed by atoms with Gasteiger partial charge in [0.05, 0.1) is 0 Å². The maximum absolute atomic E-state index is 5.22. The average molecular weight is 676 g/mol. The molecular weight excluding hydrogens is 643 g/mol. The van der Waals surface area contributed by atoms with Gasteiger partial charge in [0.15, 0.2) is 17.5 Å². The molecule has 248 valence electrons. The molecule has 0 spiro atoms. The van der Waals surface area contributed by atoms with Crippen molar-refractivity contribution in [3.63, 3.8) is 0 Å². The summed E-state index contributed by atoms with van der Waals surface area (Å²) < 4.78 is 0. The monoisotopic (exact) mass is 675 g/mol. The van der Waals surface area contributed by atoms with Gasteiger partial charge in [-0.15, -0.1) is 0 Å². The Morgan fingerprint density at radius 3 is 1.34 bits per heavy atom. The molecule has 3 nitrogen and oxygen atoms in total. The van der Waals surface area contributed by atoms with Gasteiger partial charge < -0.3 is 0 Å². The van der Waals surface area contributed by atoms with Crippen LogP contribution in [-0.2, 0) is 6.42 Å². The zero-order valence-corrected chi connectivity index (χ0v) is 28.9. The van der Waals surface area contributed by atoms with E-state index in [0.29, 0.717) is 17.5 Å². The predicted molar refractivity (Wildman–Crippen MR) is 218 cm³/mol. The molecule has 3 heteroatoms. The molecule has 0 N–H and O–H groups in total. The van der Waals surface area contributed by atoms with Crippen LogP contribution in [-0.4, -0.2) is 15.0 Å². The Hall–Kier alpha value is -6.97. The summed E-state index contributed by atoms with van der Waals surface area (Å²) in [5, 5.41) is 2.48. The number of benzene rings is 8. The summed E-state index contributed by atoms with van der Waals surface area (Å²) in [6.45, 7) is 0. The Morgan fingerprint density at radius 2 is 0.717 bits per heavy atom. The van der Waals surface area contributed by atoms with E-state index in [4.69, 9.17) is 15.0 Å². The molecule has 1 aliphatic carbocycles. The zero-order valence-electron chi connectivity index (χ0n) is 28.9. The summed E-state index contributed by atoms with van der Waals surface area (Å²) in [7, 11) is 0. The number of aromatic nitrogens is 3. The second-order valence-electron chi connectivity index (χ2n) is 13.6. The van der Waals surface area contributed by atoms with Crippen LogP contribution in [0.3, 0.4) is 0 Å². The highest BCUT2D eigenvalue weighted by Gasteiger charge is 2.27. The lowest BCUT2D eigenvalue weighted by molar-refractivity contribution is 1.07. The van der Waals surface area contributed by atoms with Gasteiger partial charge >= 0.3 is 0 Å². The summed E-state index contributed by atoms with van der Waals surface area (Å²) in [4.78, 5) is 15.4. The third-order valence-corrected chi connectivity index (χ3v) is 10.4. The maximum atomic E-state index is 5.22. The Morgan fingerprint density at radius 1 is 0.283 bits per heavy atom. The van der Waals surface area contributed by atoms with Crippen LogP contribution in [0.2, 0.25) is 0 Å². The lowest BCUT2D eigenvalue weighted by Gasteiger charge is -2.15. The minimum atomic E-state index is 0.651. The van der Waals surface area contributed by atoms with Gasteiger partial charge in [-0.2, -0.15) is 0 Å². The van der Waals surface area contributed by atoms with Gasteiger partial charge in [-0.1, -0.05) is 182 Å². The van der Waals surface area contributed by atoms with Crippen LogP contribution in [0.4, 0.5) is 0 Å². The van der Waals surface area contributed by atoms with E-state index in [-0.39, 0.29) is 0 Å². The zero-order chi connectivity index (χ0) is 35.1. The molecule has 0 atom stereocenters. The Kier molecular flexibility index (Phi) is 7.54. The van der Waals surface area contributed by atoms with Crippen molar-refractivity contribution < 1.29 is 0 Å². The molecule has 8 aromatic carbocycles. The van der Waals surface area contributed by atoms with Crippen LogP contribution in [0.15, 0.2) is 188 Å². The molecule has 0 aliphatic heterocycles. The number of rotatable bonds is 6. The second kappa shape index (κ2) is 13.0.